The number of fused-ring (bicyclic) bond motifs is 5. The summed E-state index contributed by atoms with van der Waals surface area (Å²) in [6.07, 6.45) is 6.68. The normalized spacial score (nSPS) is 47.0. The van der Waals surface area contributed by atoms with Crippen LogP contribution in [0.15, 0.2) is 23.8 Å². The Morgan fingerprint density at radius 2 is 2.07 bits per heavy atom. The van der Waals surface area contributed by atoms with Crippen LogP contribution in [0.25, 0.3) is 0 Å². The number of ketones is 1. The lowest BCUT2D eigenvalue weighted by molar-refractivity contribution is -0.207. The molecule has 0 saturated heterocycles. The lowest BCUT2D eigenvalue weighted by atomic mass is 9.46. The Bertz CT molecular complexity index is 786. The van der Waals surface area contributed by atoms with Crippen LogP contribution in [0.2, 0.25) is 0 Å². The summed E-state index contributed by atoms with van der Waals surface area (Å²) in [5.74, 6) is -0.155. The highest BCUT2D eigenvalue weighted by Gasteiger charge is 2.67. The van der Waals surface area contributed by atoms with E-state index < -0.39 is 29.2 Å². The maximum absolute atomic E-state index is 11.9. The minimum Gasteiger partial charge on any atom is -0.463 e. The molecule has 4 rings (SSSR count). The first-order chi connectivity index (χ1) is 13.5. The van der Waals surface area contributed by atoms with E-state index in [2.05, 4.69) is 6.92 Å². The predicted molar refractivity (Wildman–Crippen MR) is 106 cm³/mol. The second-order valence-electron chi connectivity index (χ2n) is 9.99. The first-order valence-electron chi connectivity index (χ1n) is 10.7. The van der Waals surface area contributed by atoms with E-state index in [9.17, 15) is 24.9 Å². The Kier molecular flexibility index (Phi) is 4.84. The van der Waals surface area contributed by atoms with Crippen molar-refractivity contribution in [2.24, 2.45) is 28.6 Å². The summed E-state index contributed by atoms with van der Waals surface area (Å²) in [5, 5.41) is 33.6. The highest BCUT2D eigenvalue weighted by Crippen LogP contribution is 2.67. The number of rotatable bonds is 3. The molecular formula is C23H32O6. The van der Waals surface area contributed by atoms with Crippen molar-refractivity contribution in [3.63, 3.8) is 0 Å². The maximum Gasteiger partial charge on any atom is 0.302 e. The number of ether oxygens (including phenoxy) is 1. The molecule has 0 aliphatic heterocycles. The molecule has 0 heterocycles. The molecule has 0 amide bonds. The fourth-order valence-corrected chi connectivity index (χ4v) is 7.25. The summed E-state index contributed by atoms with van der Waals surface area (Å²) in [6, 6.07) is 0. The van der Waals surface area contributed by atoms with Crippen LogP contribution < -0.4 is 0 Å². The van der Waals surface area contributed by atoms with Crippen molar-refractivity contribution in [2.75, 3.05) is 6.61 Å². The van der Waals surface area contributed by atoms with Gasteiger partial charge in [0.1, 0.15) is 12.7 Å². The fraction of sp³-hybridized carbons (Fsp3) is 0.739. The monoisotopic (exact) mass is 404 g/mol. The lowest BCUT2D eigenvalue weighted by Gasteiger charge is -2.60. The molecule has 6 nitrogen and oxygen atoms in total. The molecule has 160 valence electrons. The van der Waals surface area contributed by atoms with Crippen LogP contribution in [0.5, 0.6) is 0 Å². The Balaban J connectivity index is 1.65. The van der Waals surface area contributed by atoms with Crippen LogP contribution in [0.1, 0.15) is 52.9 Å². The summed E-state index contributed by atoms with van der Waals surface area (Å²) >= 11 is 0. The number of carbonyl (C=O) groups excluding carboxylic acids is 2. The van der Waals surface area contributed by atoms with E-state index in [0.717, 1.165) is 24.8 Å². The Labute approximate surface area is 171 Å². The maximum atomic E-state index is 11.9. The van der Waals surface area contributed by atoms with Gasteiger partial charge in [0.25, 0.3) is 0 Å². The van der Waals surface area contributed by atoms with Crippen molar-refractivity contribution in [1.29, 1.82) is 0 Å². The largest absolute Gasteiger partial charge is 0.463 e. The topological polar surface area (TPSA) is 104 Å². The van der Waals surface area contributed by atoms with Crippen molar-refractivity contribution in [3.05, 3.63) is 23.8 Å². The summed E-state index contributed by atoms with van der Waals surface area (Å²) in [6.45, 7) is 5.12. The number of hydrogen-bond acceptors (Lipinski definition) is 6. The molecule has 0 bridgehead atoms. The second-order valence-corrected chi connectivity index (χ2v) is 9.99. The van der Waals surface area contributed by atoms with Crippen LogP contribution in [-0.4, -0.2) is 51.5 Å². The third kappa shape index (κ3) is 2.87. The predicted octanol–water partition coefficient (Wildman–Crippen LogP) is 1.92. The van der Waals surface area contributed by atoms with Crippen LogP contribution in [-0.2, 0) is 14.3 Å². The molecular weight excluding hydrogens is 372 g/mol. The van der Waals surface area contributed by atoms with E-state index in [1.807, 2.05) is 13.0 Å². The molecule has 0 radical (unpaired) electrons. The number of hydrogen-bond donors (Lipinski definition) is 3. The average Bonchev–Trinajstić information content (AvgIpc) is 2.91. The number of allylic oxidation sites excluding steroid dienone is 4. The van der Waals surface area contributed by atoms with Crippen molar-refractivity contribution in [3.8, 4) is 0 Å². The fourth-order valence-electron chi connectivity index (χ4n) is 7.25. The van der Waals surface area contributed by atoms with Gasteiger partial charge in [0.15, 0.2) is 5.78 Å². The van der Waals surface area contributed by atoms with Crippen LogP contribution in [0.3, 0.4) is 0 Å². The number of carbonyl (C=O) groups is 2. The van der Waals surface area contributed by atoms with E-state index in [1.54, 1.807) is 12.2 Å². The van der Waals surface area contributed by atoms with Crippen LogP contribution in [0, 0.1) is 28.6 Å². The van der Waals surface area contributed by atoms with Gasteiger partial charge in [0.05, 0.1) is 11.7 Å². The van der Waals surface area contributed by atoms with Gasteiger partial charge in [-0.25, -0.2) is 0 Å². The van der Waals surface area contributed by atoms with Crippen molar-refractivity contribution in [2.45, 2.75) is 70.7 Å². The van der Waals surface area contributed by atoms with Gasteiger partial charge in [0, 0.05) is 23.7 Å². The molecule has 0 aromatic carbocycles. The molecule has 0 spiro atoms. The summed E-state index contributed by atoms with van der Waals surface area (Å²) in [7, 11) is 0. The zero-order chi connectivity index (χ0) is 21.2. The van der Waals surface area contributed by atoms with Gasteiger partial charge >= 0.3 is 5.97 Å². The van der Waals surface area contributed by atoms with Gasteiger partial charge < -0.3 is 20.1 Å². The van der Waals surface area contributed by atoms with Crippen molar-refractivity contribution in [1.82, 2.24) is 0 Å². The molecule has 3 saturated carbocycles. The smallest absolute Gasteiger partial charge is 0.302 e. The van der Waals surface area contributed by atoms with E-state index in [4.69, 9.17) is 4.74 Å². The van der Waals surface area contributed by atoms with Gasteiger partial charge in [-0.1, -0.05) is 25.5 Å². The Morgan fingerprint density at radius 3 is 2.76 bits per heavy atom. The number of esters is 1. The molecule has 0 aromatic rings. The Morgan fingerprint density at radius 1 is 1.34 bits per heavy atom. The third-order valence-electron chi connectivity index (χ3n) is 8.71. The number of aliphatic hydroxyl groups is 3. The molecule has 8 atom stereocenters. The average molecular weight is 405 g/mol. The molecule has 3 N–H and O–H groups in total. The second kappa shape index (κ2) is 6.76. The molecule has 6 heteroatoms. The molecule has 4 aliphatic rings. The summed E-state index contributed by atoms with van der Waals surface area (Å²) in [4.78, 5) is 23.1. The van der Waals surface area contributed by atoms with Crippen molar-refractivity contribution < 1.29 is 29.6 Å². The molecule has 0 aromatic heterocycles. The summed E-state index contributed by atoms with van der Waals surface area (Å²) in [5.41, 5.74) is -1.33. The van der Waals surface area contributed by atoms with Gasteiger partial charge in [-0.3, -0.25) is 9.59 Å². The van der Waals surface area contributed by atoms with E-state index in [-0.39, 0.29) is 35.6 Å². The molecule has 4 aliphatic carbocycles. The summed E-state index contributed by atoms with van der Waals surface area (Å²) < 4.78 is 4.98. The van der Waals surface area contributed by atoms with Gasteiger partial charge in [0.2, 0.25) is 0 Å². The zero-order valence-electron chi connectivity index (χ0n) is 17.4. The highest BCUT2D eigenvalue weighted by atomic mass is 16.5. The van der Waals surface area contributed by atoms with E-state index >= 15 is 0 Å². The van der Waals surface area contributed by atoms with Gasteiger partial charge in [-0.2, -0.15) is 0 Å². The highest BCUT2D eigenvalue weighted by molar-refractivity contribution is 6.01. The quantitative estimate of drug-likeness (QED) is 0.621. The van der Waals surface area contributed by atoms with Gasteiger partial charge in [-0.15, -0.1) is 0 Å². The molecule has 29 heavy (non-hydrogen) atoms. The Hall–Kier alpha value is -1.50. The minimum absolute atomic E-state index is 0.00916. The van der Waals surface area contributed by atoms with Crippen molar-refractivity contribution >= 4 is 11.8 Å². The lowest BCUT2D eigenvalue weighted by Crippen LogP contribution is -2.62. The van der Waals surface area contributed by atoms with E-state index in [1.165, 1.54) is 6.92 Å². The minimum atomic E-state index is -1.41. The van der Waals surface area contributed by atoms with Gasteiger partial charge in [-0.05, 0) is 56.1 Å². The number of aliphatic hydroxyl groups excluding tert-OH is 2. The third-order valence-corrected chi connectivity index (χ3v) is 8.71. The molecule has 3 fully saturated rings. The van der Waals surface area contributed by atoms with Crippen LogP contribution in [0.4, 0.5) is 0 Å². The molecule has 0 unspecified atom stereocenters. The van der Waals surface area contributed by atoms with E-state index in [0.29, 0.717) is 12.8 Å². The first-order valence-corrected chi connectivity index (χ1v) is 10.7. The van der Waals surface area contributed by atoms with Crippen LogP contribution >= 0.6 is 0 Å². The standard InChI is InChI=1S/C23H32O6/c1-13(24)29-12-19(27)23(28)9-7-17-16-5-4-14-10-15(25)6-8-21(14,2)20(16)18(26)11-22(17,23)3/h6,8,10,16-20,26-28H,4-5,7,9,11-12H2,1-3H3/t16-,17-,18-,19-,20+,21-,22-,23-/m0/s1. The first kappa shape index (κ1) is 20.8. The zero-order valence-corrected chi connectivity index (χ0v) is 17.4. The SMILES string of the molecule is CC(=O)OC[C@H](O)[C@@]1(O)CC[C@H]2[C@@H]3CCC4=CC(=O)C=C[C@]4(C)[C@H]3[C@@H](O)C[C@@]21C.